The highest BCUT2D eigenvalue weighted by atomic mass is 79.9. The molecule has 2 heterocycles. The lowest BCUT2D eigenvalue weighted by Crippen LogP contribution is -2.45. The van der Waals surface area contributed by atoms with E-state index in [1.807, 2.05) is 17.5 Å². The Morgan fingerprint density at radius 2 is 1.96 bits per heavy atom. The Bertz CT molecular complexity index is 700. The summed E-state index contributed by atoms with van der Waals surface area (Å²) in [5.41, 5.74) is 1.10. The Kier molecular flexibility index (Phi) is 8.51. The van der Waals surface area contributed by atoms with Crippen LogP contribution in [0.4, 0.5) is 0 Å². The van der Waals surface area contributed by atoms with Gasteiger partial charge in [-0.1, -0.05) is 22.0 Å². The lowest BCUT2D eigenvalue weighted by Gasteiger charge is -2.35. The minimum Gasteiger partial charge on any atom is -0.506 e. The number of thiophene rings is 1. The van der Waals surface area contributed by atoms with Crippen LogP contribution < -0.4 is 5.32 Å². The quantitative estimate of drug-likeness (QED) is 0.743. The molecule has 0 saturated carbocycles. The fraction of sp³-hybridized carbons (Fsp3) is 0.312. The van der Waals surface area contributed by atoms with E-state index in [1.165, 1.54) is 4.88 Å². The molecule has 4 nitrogen and oxygen atoms in total. The predicted octanol–water partition coefficient (Wildman–Crippen LogP) is 3.93. The number of hydrogen-bond donors (Lipinski definition) is 2. The van der Waals surface area contributed by atoms with Crippen LogP contribution >= 0.6 is 52.1 Å². The van der Waals surface area contributed by atoms with Gasteiger partial charge in [0, 0.05) is 41.1 Å². The Morgan fingerprint density at radius 3 is 2.54 bits per heavy atom. The molecule has 130 valence electrons. The van der Waals surface area contributed by atoms with Crippen LogP contribution in [0, 0.1) is 11.3 Å². The van der Waals surface area contributed by atoms with Crippen molar-refractivity contribution in [2.75, 3.05) is 26.2 Å². The molecule has 1 fully saturated rings. The van der Waals surface area contributed by atoms with Gasteiger partial charge in [0.25, 0.3) is 0 Å². The topological polar surface area (TPSA) is 59.3 Å². The maximum Gasteiger partial charge on any atom is 0.139 e. The van der Waals surface area contributed by atoms with Gasteiger partial charge in [-0.05, 0) is 23.6 Å². The van der Waals surface area contributed by atoms with E-state index in [1.54, 1.807) is 17.4 Å². The largest absolute Gasteiger partial charge is 0.506 e. The fourth-order valence-electron chi connectivity index (χ4n) is 2.83. The van der Waals surface area contributed by atoms with Crippen molar-refractivity contribution in [3.05, 3.63) is 50.1 Å². The van der Waals surface area contributed by atoms with Crippen molar-refractivity contribution >= 4 is 52.1 Å². The SMILES string of the molecule is Cl.Cl.N#Cc1ccc(Br)c([C@H](c2cccs2)N2CCNCC2)c1O. The van der Waals surface area contributed by atoms with Crippen LogP contribution in [0.25, 0.3) is 0 Å². The molecule has 1 aliphatic rings. The van der Waals surface area contributed by atoms with Gasteiger partial charge in [-0.15, -0.1) is 36.2 Å². The number of aromatic hydroxyl groups is 1. The summed E-state index contributed by atoms with van der Waals surface area (Å²) in [7, 11) is 0. The Morgan fingerprint density at radius 1 is 1.25 bits per heavy atom. The second-order valence-electron chi connectivity index (χ2n) is 5.17. The van der Waals surface area contributed by atoms with E-state index in [4.69, 9.17) is 0 Å². The smallest absolute Gasteiger partial charge is 0.139 e. The molecular formula is C16H18BrCl2N3OS. The van der Waals surface area contributed by atoms with Crippen molar-refractivity contribution in [1.29, 1.82) is 5.26 Å². The van der Waals surface area contributed by atoms with E-state index in [0.29, 0.717) is 5.56 Å². The summed E-state index contributed by atoms with van der Waals surface area (Å²) in [6, 6.07) is 9.63. The highest BCUT2D eigenvalue weighted by molar-refractivity contribution is 9.10. The molecule has 1 saturated heterocycles. The molecule has 0 unspecified atom stereocenters. The van der Waals surface area contributed by atoms with Gasteiger partial charge < -0.3 is 10.4 Å². The molecule has 24 heavy (non-hydrogen) atoms. The normalized spacial score (nSPS) is 15.7. The summed E-state index contributed by atoms with van der Waals surface area (Å²) in [5.74, 6) is 0.0776. The molecule has 3 rings (SSSR count). The second-order valence-corrected chi connectivity index (χ2v) is 7.01. The molecule has 2 aromatic rings. The minimum absolute atomic E-state index is 0. The number of nitriles is 1. The number of nitrogens with one attached hydrogen (secondary N) is 1. The Balaban J connectivity index is 0.00000144. The van der Waals surface area contributed by atoms with Crippen LogP contribution in [0.3, 0.4) is 0 Å². The molecule has 1 aliphatic heterocycles. The first kappa shape index (κ1) is 21.2. The lowest BCUT2D eigenvalue weighted by atomic mass is 9.99. The fourth-order valence-corrected chi connectivity index (χ4v) is 4.23. The summed E-state index contributed by atoms with van der Waals surface area (Å²) in [4.78, 5) is 3.52. The van der Waals surface area contributed by atoms with Crippen molar-refractivity contribution in [1.82, 2.24) is 10.2 Å². The monoisotopic (exact) mass is 449 g/mol. The van der Waals surface area contributed by atoms with Crippen molar-refractivity contribution in [3.63, 3.8) is 0 Å². The van der Waals surface area contributed by atoms with E-state index in [9.17, 15) is 10.4 Å². The molecular weight excluding hydrogens is 433 g/mol. The van der Waals surface area contributed by atoms with E-state index in [0.717, 1.165) is 36.2 Å². The molecule has 0 radical (unpaired) electrons. The van der Waals surface area contributed by atoms with Crippen LogP contribution in [0.1, 0.15) is 22.0 Å². The van der Waals surface area contributed by atoms with Gasteiger partial charge in [0.1, 0.15) is 11.8 Å². The maximum absolute atomic E-state index is 10.6. The number of piperazine rings is 1. The van der Waals surface area contributed by atoms with E-state index in [2.05, 4.69) is 38.3 Å². The van der Waals surface area contributed by atoms with Crippen LogP contribution in [0.15, 0.2) is 34.1 Å². The average molecular weight is 451 g/mol. The first-order chi connectivity index (χ1) is 10.7. The molecule has 1 aromatic heterocycles. The summed E-state index contributed by atoms with van der Waals surface area (Å²) in [6.45, 7) is 3.67. The molecule has 0 amide bonds. The van der Waals surface area contributed by atoms with Gasteiger partial charge in [0.2, 0.25) is 0 Å². The van der Waals surface area contributed by atoms with Crippen molar-refractivity contribution in [2.45, 2.75) is 6.04 Å². The highest BCUT2D eigenvalue weighted by Gasteiger charge is 2.29. The molecule has 8 heteroatoms. The van der Waals surface area contributed by atoms with Crippen LogP contribution in [-0.2, 0) is 0 Å². The minimum atomic E-state index is -0.0372. The van der Waals surface area contributed by atoms with Gasteiger partial charge in [-0.2, -0.15) is 5.26 Å². The number of rotatable bonds is 3. The van der Waals surface area contributed by atoms with Gasteiger partial charge in [-0.25, -0.2) is 0 Å². The molecule has 1 aromatic carbocycles. The first-order valence-electron chi connectivity index (χ1n) is 7.12. The van der Waals surface area contributed by atoms with Gasteiger partial charge >= 0.3 is 0 Å². The number of hydrogen-bond acceptors (Lipinski definition) is 5. The second kappa shape index (κ2) is 9.62. The van der Waals surface area contributed by atoms with E-state index in [-0.39, 0.29) is 36.6 Å². The van der Waals surface area contributed by atoms with Gasteiger partial charge in [0.15, 0.2) is 0 Å². The molecule has 2 N–H and O–H groups in total. The first-order valence-corrected chi connectivity index (χ1v) is 8.79. The van der Waals surface area contributed by atoms with Crippen LogP contribution in [0.5, 0.6) is 5.75 Å². The maximum atomic E-state index is 10.6. The highest BCUT2D eigenvalue weighted by Crippen LogP contribution is 2.42. The lowest BCUT2D eigenvalue weighted by molar-refractivity contribution is 0.197. The average Bonchev–Trinajstić information content (AvgIpc) is 3.06. The van der Waals surface area contributed by atoms with Gasteiger partial charge in [-0.3, -0.25) is 4.90 Å². The van der Waals surface area contributed by atoms with Crippen LogP contribution in [-0.4, -0.2) is 36.2 Å². The Hall–Kier alpha value is -0.810. The third kappa shape index (κ3) is 4.23. The molecule has 0 spiro atoms. The summed E-state index contributed by atoms with van der Waals surface area (Å²) < 4.78 is 0.834. The number of halogens is 3. The summed E-state index contributed by atoms with van der Waals surface area (Å²) in [5, 5.41) is 25.2. The summed E-state index contributed by atoms with van der Waals surface area (Å²) in [6.07, 6.45) is 0. The molecule has 1 atom stereocenters. The third-order valence-corrected chi connectivity index (χ3v) is 5.50. The predicted molar refractivity (Wildman–Crippen MR) is 106 cm³/mol. The zero-order valence-corrected chi connectivity index (χ0v) is 16.8. The third-order valence-electron chi connectivity index (χ3n) is 3.89. The van der Waals surface area contributed by atoms with Gasteiger partial charge in [0.05, 0.1) is 11.6 Å². The zero-order valence-electron chi connectivity index (χ0n) is 12.7. The number of benzene rings is 1. The van der Waals surface area contributed by atoms with Crippen LogP contribution in [0.2, 0.25) is 0 Å². The van der Waals surface area contributed by atoms with Crippen molar-refractivity contribution in [3.8, 4) is 11.8 Å². The summed E-state index contributed by atoms with van der Waals surface area (Å²) >= 11 is 5.23. The van der Waals surface area contributed by atoms with Crippen molar-refractivity contribution in [2.24, 2.45) is 0 Å². The van der Waals surface area contributed by atoms with E-state index < -0.39 is 0 Å². The Labute approximate surface area is 166 Å². The number of phenols is 1. The zero-order chi connectivity index (χ0) is 15.5. The standard InChI is InChI=1S/C16H16BrN3OS.2ClH/c17-12-4-3-11(10-18)16(21)14(12)15(13-2-1-9-22-13)20-7-5-19-6-8-20;;/h1-4,9,15,19,21H,5-8H2;2*1H/t15-;;/m0../s1. The van der Waals surface area contributed by atoms with E-state index >= 15 is 0 Å². The molecule has 0 bridgehead atoms. The molecule has 0 aliphatic carbocycles. The van der Waals surface area contributed by atoms with Crippen molar-refractivity contribution < 1.29 is 5.11 Å². The number of nitrogens with zero attached hydrogens (tertiary/aromatic N) is 2. The number of phenolic OH excluding ortho intramolecular Hbond substituents is 1.